The van der Waals surface area contributed by atoms with Crippen LogP contribution in [0.1, 0.15) is 37.8 Å². The minimum atomic E-state index is -3.24. The molecule has 1 fully saturated rings. The SMILES string of the molecule is CCn1ccnc1[C@@H](C)S(=O)(=O)N1CCCC1. The molecule has 1 saturated heterocycles. The molecule has 0 unspecified atom stereocenters. The van der Waals surface area contributed by atoms with Crippen molar-refractivity contribution in [1.29, 1.82) is 0 Å². The van der Waals surface area contributed by atoms with Gasteiger partial charge in [0.25, 0.3) is 0 Å². The summed E-state index contributed by atoms with van der Waals surface area (Å²) in [7, 11) is -3.24. The summed E-state index contributed by atoms with van der Waals surface area (Å²) >= 11 is 0. The Kier molecular flexibility index (Phi) is 3.53. The fourth-order valence-electron chi connectivity index (χ4n) is 2.25. The van der Waals surface area contributed by atoms with E-state index in [2.05, 4.69) is 4.98 Å². The van der Waals surface area contributed by atoms with Crippen LogP contribution in [0.2, 0.25) is 0 Å². The largest absolute Gasteiger partial charge is 0.334 e. The van der Waals surface area contributed by atoms with Crippen LogP contribution in [0.4, 0.5) is 0 Å². The first-order valence-electron chi connectivity index (χ1n) is 6.07. The normalized spacial score (nSPS) is 19.6. The molecule has 0 aromatic carbocycles. The van der Waals surface area contributed by atoms with E-state index in [1.54, 1.807) is 17.4 Å². The lowest BCUT2D eigenvalue weighted by Crippen LogP contribution is -2.32. The fraction of sp³-hybridized carbons (Fsp3) is 0.727. The molecule has 0 saturated carbocycles. The number of imidazole rings is 1. The van der Waals surface area contributed by atoms with Gasteiger partial charge in [-0.2, -0.15) is 0 Å². The van der Waals surface area contributed by atoms with Gasteiger partial charge in [-0.1, -0.05) is 0 Å². The topological polar surface area (TPSA) is 55.2 Å². The van der Waals surface area contributed by atoms with Gasteiger partial charge in [0.2, 0.25) is 10.0 Å². The predicted octanol–water partition coefficient (Wildman–Crippen LogP) is 1.39. The average molecular weight is 257 g/mol. The van der Waals surface area contributed by atoms with Gasteiger partial charge in [-0.05, 0) is 26.7 Å². The number of rotatable bonds is 4. The van der Waals surface area contributed by atoms with E-state index in [-0.39, 0.29) is 0 Å². The van der Waals surface area contributed by atoms with Gasteiger partial charge in [0, 0.05) is 32.0 Å². The van der Waals surface area contributed by atoms with Crippen LogP contribution in [0, 0.1) is 0 Å². The molecule has 0 amide bonds. The number of aromatic nitrogens is 2. The van der Waals surface area contributed by atoms with Crippen LogP contribution < -0.4 is 0 Å². The molecule has 0 radical (unpaired) electrons. The quantitative estimate of drug-likeness (QED) is 0.819. The second kappa shape index (κ2) is 4.78. The molecule has 2 rings (SSSR count). The highest BCUT2D eigenvalue weighted by molar-refractivity contribution is 7.89. The van der Waals surface area contributed by atoms with Crippen molar-refractivity contribution in [3.05, 3.63) is 18.2 Å². The Labute approximate surface area is 103 Å². The van der Waals surface area contributed by atoms with Crippen molar-refractivity contribution in [2.75, 3.05) is 13.1 Å². The summed E-state index contributed by atoms with van der Waals surface area (Å²) in [5.41, 5.74) is 0. The number of sulfonamides is 1. The molecule has 96 valence electrons. The van der Waals surface area contributed by atoms with Crippen molar-refractivity contribution < 1.29 is 8.42 Å². The molecule has 1 aliphatic heterocycles. The Morgan fingerprint density at radius 2 is 2.06 bits per heavy atom. The maximum absolute atomic E-state index is 12.4. The minimum absolute atomic E-state index is 0.560. The zero-order chi connectivity index (χ0) is 12.5. The Morgan fingerprint density at radius 3 is 2.65 bits per heavy atom. The summed E-state index contributed by atoms with van der Waals surface area (Å²) in [5, 5.41) is -0.560. The molecule has 1 aromatic heterocycles. The number of nitrogens with zero attached hydrogens (tertiary/aromatic N) is 3. The van der Waals surface area contributed by atoms with Gasteiger partial charge in [-0.15, -0.1) is 0 Å². The molecular formula is C11H19N3O2S. The van der Waals surface area contributed by atoms with Gasteiger partial charge in [0.15, 0.2) is 0 Å². The van der Waals surface area contributed by atoms with Crippen LogP contribution in [-0.2, 0) is 16.6 Å². The van der Waals surface area contributed by atoms with E-state index < -0.39 is 15.3 Å². The molecule has 1 aromatic rings. The molecule has 5 nitrogen and oxygen atoms in total. The predicted molar refractivity (Wildman–Crippen MR) is 66.0 cm³/mol. The van der Waals surface area contributed by atoms with E-state index in [0.29, 0.717) is 18.9 Å². The third-order valence-corrected chi connectivity index (χ3v) is 5.51. The van der Waals surface area contributed by atoms with Gasteiger partial charge in [-0.25, -0.2) is 17.7 Å². The molecular weight excluding hydrogens is 238 g/mol. The van der Waals surface area contributed by atoms with E-state index in [4.69, 9.17) is 0 Å². The van der Waals surface area contributed by atoms with Crippen LogP contribution in [0.25, 0.3) is 0 Å². The lowest BCUT2D eigenvalue weighted by atomic mass is 10.4. The van der Waals surface area contributed by atoms with Crippen LogP contribution >= 0.6 is 0 Å². The summed E-state index contributed by atoms with van der Waals surface area (Å²) in [4.78, 5) is 4.18. The fourth-order valence-corrected chi connectivity index (χ4v) is 3.92. The van der Waals surface area contributed by atoms with Crippen molar-refractivity contribution in [2.24, 2.45) is 0 Å². The molecule has 0 bridgehead atoms. The monoisotopic (exact) mass is 257 g/mol. The summed E-state index contributed by atoms with van der Waals surface area (Å²) in [5.74, 6) is 0.638. The van der Waals surface area contributed by atoms with E-state index >= 15 is 0 Å². The summed E-state index contributed by atoms with van der Waals surface area (Å²) < 4.78 is 28.2. The summed E-state index contributed by atoms with van der Waals surface area (Å²) in [6.07, 6.45) is 5.42. The standard InChI is InChI=1S/C11H19N3O2S/c1-3-13-9-6-12-11(13)10(2)17(15,16)14-7-4-5-8-14/h6,9-10H,3-5,7-8H2,1-2H3/t10-/m1/s1. The van der Waals surface area contributed by atoms with Gasteiger partial charge in [0.05, 0.1) is 0 Å². The molecule has 1 atom stereocenters. The zero-order valence-corrected chi connectivity index (χ0v) is 11.2. The number of aryl methyl sites for hydroxylation is 1. The van der Waals surface area contributed by atoms with Crippen LogP contribution in [0.3, 0.4) is 0 Å². The van der Waals surface area contributed by atoms with E-state index in [1.165, 1.54) is 0 Å². The van der Waals surface area contributed by atoms with E-state index in [1.807, 2.05) is 17.7 Å². The lowest BCUT2D eigenvalue weighted by Gasteiger charge is -2.21. The average Bonchev–Trinajstić information content (AvgIpc) is 2.98. The van der Waals surface area contributed by atoms with E-state index in [0.717, 1.165) is 19.4 Å². The number of hydrogen-bond acceptors (Lipinski definition) is 3. The van der Waals surface area contributed by atoms with Crippen LogP contribution in [0.15, 0.2) is 12.4 Å². The third-order valence-electron chi connectivity index (χ3n) is 3.32. The van der Waals surface area contributed by atoms with Gasteiger partial charge < -0.3 is 4.57 Å². The zero-order valence-electron chi connectivity index (χ0n) is 10.3. The molecule has 6 heteroatoms. The molecule has 0 aliphatic carbocycles. The van der Waals surface area contributed by atoms with Gasteiger partial charge >= 0.3 is 0 Å². The highest BCUT2D eigenvalue weighted by Crippen LogP contribution is 2.26. The second-order valence-electron chi connectivity index (χ2n) is 4.36. The van der Waals surface area contributed by atoms with E-state index in [9.17, 15) is 8.42 Å². The van der Waals surface area contributed by atoms with Gasteiger partial charge in [0.1, 0.15) is 11.1 Å². The highest BCUT2D eigenvalue weighted by atomic mass is 32.2. The molecule has 17 heavy (non-hydrogen) atoms. The third kappa shape index (κ3) is 2.24. The van der Waals surface area contributed by atoms with Crippen molar-refractivity contribution >= 4 is 10.0 Å². The van der Waals surface area contributed by atoms with Crippen molar-refractivity contribution in [2.45, 2.75) is 38.5 Å². The van der Waals surface area contributed by atoms with Crippen LogP contribution in [0.5, 0.6) is 0 Å². The van der Waals surface area contributed by atoms with Crippen molar-refractivity contribution in [1.82, 2.24) is 13.9 Å². The Balaban J connectivity index is 2.27. The Hall–Kier alpha value is -0.880. The first-order valence-corrected chi connectivity index (χ1v) is 7.57. The van der Waals surface area contributed by atoms with Crippen LogP contribution in [-0.4, -0.2) is 35.4 Å². The Bertz CT molecular complexity index is 475. The summed E-state index contributed by atoms with van der Waals surface area (Å²) in [6.45, 7) is 5.76. The van der Waals surface area contributed by atoms with Crippen molar-refractivity contribution in [3.8, 4) is 0 Å². The smallest absolute Gasteiger partial charge is 0.224 e. The minimum Gasteiger partial charge on any atom is -0.334 e. The molecule has 2 heterocycles. The molecule has 0 spiro atoms. The number of hydrogen-bond donors (Lipinski definition) is 0. The maximum atomic E-state index is 12.4. The van der Waals surface area contributed by atoms with Crippen molar-refractivity contribution in [3.63, 3.8) is 0 Å². The molecule has 0 N–H and O–H groups in total. The summed E-state index contributed by atoms with van der Waals surface area (Å²) in [6, 6.07) is 0. The highest BCUT2D eigenvalue weighted by Gasteiger charge is 2.33. The maximum Gasteiger partial charge on any atom is 0.224 e. The first-order chi connectivity index (χ1) is 8.07. The second-order valence-corrected chi connectivity index (χ2v) is 6.62. The molecule has 1 aliphatic rings. The first kappa shape index (κ1) is 12.6. The lowest BCUT2D eigenvalue weighted by molar-refractivity contribution is 0.464. The Morgan fingerprint density at radius 1 is 1.41 bits per heavy atom. The van der Waals surface area contributed by atoms with Gasteiger partial charge in [-0.3, -0.25) is 0 Å².